The number of piperidine rings is 1. The first-order valence-electron chi connectivity index (χ1n) is 9.42. The molecule has 2 aromatic rings. The molecule has 6 nitrogen and oxygen atoms in total. The number of carbonyl (C=O) groups excluding carboxylic acids is 1. The summed E-state index contributed by atoms with van der Waals surface area (Å²) in [5.41, 5.74) is -0.975. The molecular weight excluding hydrogens is 344 g/mol. The first-order chi connectivity index (χ1) is 12.8. The van der Waals surface area contributed by atoms with E-state index in [2.05, 4.69) is 4.98 Å². The summed E-state index contributed by atoms with van der Waals surface area (Å²) in [4.78, 5) is 19.0. The number of amides is 1. The second kappa shape index (κ2) is 6.46. The van der Waals surface area contributed by atoms with E-state index in [1.54, 1.807) is 11.1 Å². The van der Waals surface area contributed by atoms with Gasteiger partial charge in [-0.2, -0.15) is 0 Å². The van der Waals surface area contributed by atoms with Crippen LogP contribution in [0.25, 0.3) is 10.8 Å². The molecule has 2 aliphatic heterocycles. The van der Waals surface area contributed by atoms with E-state index in [1.807, 2.05) is 51.1 Å². The molecule has 6 heteroatoms. The molecule has 3 heterocycles. The lowest BCUT2D eigenvalue weighted by Crippen LogP contribution is -2.63. The van der Waals surface area contributed by atoms with Crippen LogP contribution in [0.15, 0.2) is 36.5 Å². The summed E-state index contributed by atoms with van der Waals surface area (Å²) in [5, 5.41) is 13.6. The summed E-state index contributed by atoms with van der Waals surface area (Å²) in [6.07, 6.45) is 2.16. The Morgan fingerprint density at radius 3 is 2.56 bits per heavy atom. The van der Waals surface area contributed by atoms with E-state index < -0.39 is 11.2 Å². The number of benzene rings is 1. The molecule has 144 valence electrons. The molecule has 27 heavy (non-hydrogen) atoms. The standard InChI is InChI=1S/C21H26N2O4/c1-20(2,3)27-19(24)23-15-10-21(25,11-16(23)13-26-12-15)18-17-7-5-4-6-14(17)8-9-22-18/h4-9,15-16,25H,10-13H2,1-3H3. The Bertz CT molecular complexity index is 841. The third kappa shape index (κ3) is 3.39. The lowest BCUT2D eigenvalue weighted by Gasteiger charge is -2.51. The predicted molar refractivity (Wildman–Crippen MR) is 101 cm³/mol. The average molecular weight is 370 g/mol. The molecule has 2 aliphatic rings. The van der Waals surface area contributed by atoms with Gasteiger partial charge in [0, 0.05) is 24.4 Å². The van der Waals surface area contributed by atoms with Crippen LogP contribution in [0.2, 0.25) is 0 Å². The molecule has 2 bridgehead atoms. The molecule has 2 fully saturated rings. The molecule has 1 aromatic heterocycles. The van der Waals surface area contributed by atoms with E-state index in [1.165, 1.54) is 0 Å². The summed E-state index contributed by atoms with van der Waals surface area (Å²) >= 11 is 0. The third-order valence-electron chi connectivity index (χ3n) is 5.27. The van der Waals surface area contributed by atoms with E-state index in [-0.39, 0.29) is 18.2 Å². The highest BCUT2D eigenvalue weighted by Gasteiger charge is 2.50. The number of hydrogen-bond acceptors (Lipinski definition) is 5. The van der Waals surface area contributed by atoms with Crippen LogP contribution in [0.4, 0.5) is 4.79 Å². The maximum Gasteiger partial charge on any atom is 0.410 e. The fourth-order valence-corrected chi connectivity index (χ4v) is 4.27. The summed E-state index contributed by atoms with van der Waals surface area (Å²) in [7, 11) is 0. The molecule has 4 rings (SSSR count). The molecule has 1 N–H and O–H groups in total. The number of rotatable bonds is 1. The molecule has 0 spiro atoms. The number of pyridine rings is 1. The Morgan fingerprint density at radius 1 is 1.22 bits per heavy atom. The second-order valence-corrected chi connectivity index (χ2v) is 8.55. The first-order valence-corrected chi connectivity index (χ1v) is 9.42. The smallest absolute Gasteiger partial charge is 0.410 e. The highest BCUT2D eigenvalue weighted by molar-refractivity contribution is 5.85. The highest BCUT2D eigenvalue weighted by atomic mass is 16.6. The Labute approximate surface area is 159 Å². The van der Waals surface area contributed by atoms with Crippen molar-refractivity contribution in [3.8, 4) is 0 Å². The molecule has 0 radical (unpaired) electrons. The summed E-state index contributed by atoms with van der Waals surface area (Å²) in [5.74, 6) is 0. The topological polar surface area (TPSA) is 71.9 Å². The number of fused-ring (bicyclic) bond motifs is 3. The van der Waals surface area contributed by atoms with Crippen LogP contribution in [0, 0.1) is 0 Å². The van der Waals surface area contributed by atoms with E-state index in [0.29, 0.717) is 31.7 Å². The molecule has 2 atom stereocenters. The summed E-state index contributed by atoms with van der Waals surface area (Å²) in [6.45, 7) is 6.36. The normalized spacial score (nSPS) is 28.2. The molecule has 2 saturated heterocycles. The van der Waals surface area contributed by atoms with Gasteiger partial charge in [0.25, 0.3) is 0 Å². The van der Waals surface area contributed by atoms with E-state index >= 15 is 0 Å². The monoisotopic (exact) mass is 370 g/mol. The van der Waals surface area contributed by atoms with Crippen LogP contribution in [0.3, 0.4) is 0 Å². The van der Waals surface area contributed by atoms with Crippen molar-refractivity contribution in [2.75, 3.05) is 13.2 Å². The quantitative estimate of drug-likeness (QED) is 0.834. The van der Waals surface area contributed by atoms with Gasteiger partial charge in [-0.3, -0.25) is 9.88 Å². The minimum atomic E-state index is -1.10. The molecule has 1 aromatic carbocycles. The van der Waals surface area contributed by atoms with Gasteiger partial charge in [0.15, 0.2) is 0 Å². The van der Waals surface area contributed by atoms with Gasteiger partial charge in [0.05, 0.1) is 31.0 Å². The number of aromatic nitrogens is 1. The number of ether oxygens (including phenoxy) is 2. The van der Waals surface area contributed by atoms with Gasteiger partial charge < -0.3 is 14.6 Å². The Hall–Kier alpha value is -2.18. The lowest BCUT2D eigenvalue weighted by molar-refractivity contribution is -0.142. The largest absolute Gasteiger partial charge is 0.444 e. The van der Waals surface area contributed by atoms with Gasteiger partial charge in [-0.1, -0.05) is 24.3 Å². The zero-order valence-electron chi connectivity index (χ0n) is 16.0. The van der Waals surface area contributed by atoms with Gasteiger partial charge >= 0.3 is 6.09 Å². The SMILES string of the molecule is CC(C)(C)OC(=O)N1C2COCC1CC(O)(c1nccc3ccccc13)C2. The number of aliphatic hydroxyl groups is 1. The van der Waals surface area contributed by atoms with Crippen molar-refractivity contribution in [2.24, 2.45) is 0 Å². The molecule has 1 amide bonds. The van der Waals surface area contributed by atoms with Crippen LogP contribution < -0.4 is 0 Å². The summed E-state index contributed by atoms with van der Waals surface area (Å²) < 4.78 is 11.3. The number of hydrogen-bond donors (Lipinski definition) is 1. The van der Waals surface area contributed by atoms with Crippen LogP contribution >= 0.6 is 0 Å². The number of nitrogens with zero attached hydrogens (tertiary/aromatic N) is 2. The third-order valence-corrected chi connectivity index (χ3v) is 5.27. The first kappa shape index (κ1) is 18.2. The average Bonchev–Trinajstić information content (AvgIpc) is 2.59. The molecular formula is C21H26N2O4. The van der Waals surface area contributed by atoms with Gasteiger partial charge in [-0.25, -0.2) is 4.79 Å². The lowest BCUT2D eigenvalue weighted by atomic mass is 9.78. The van der Waals surface area contributed by atoms with Crippen LogP contribution in [0.1, 0.15) is 39.3 Å². The minimum Gasteiger partial charge on any atom is -0.444 e. The fraction of sp³-hybridized carbons (Fsp3) is 0.524. The minimum absolute atomic E-state index is 0.238. The van der Waals surface area contributed by atoms with Crippen molar-refractivity contribution in [1.29, 1.82) is 0 Å². The number of carbonyl (C=O) groups is 1. The maximum absolute atomic E-state index is 12.7. The van der Waals surface area contributed by atoms with E-state index in [0.717, 1.165) is 10.8 Å². The van der Waals surface area contributed by atoms with Crippen molar-refractivity contribution >= 4 is 16.9 Å². The van der Waals surface area contributed by atoms with Gasteiger partial charge in [0.2, 0.25) is 0 Å². The highest BCUT2D eigenvalue weighted by Crippen LogP contribution is 2.42. The van der Waals surface area contributed by atoms with Gasteiger partial charge in [-0.05, 0) is 32.2 Å². The van der Waals surface area contributed by atoms with E-state index in [9.17, 15) is 9.90 Å². The zero-order chi connectivity index (χ0) is 19.2. The Kier molecular flexibility index (Phi) is 4.35. The van der Waals surface area contributed by atoms with Crippen molar-refractivity contribution in [2.45, 2.75) is 56.9 Å². The van der Waals surface area contributed by atoms with E-state index in [4.69, 9.17) is 9.47 Å². The van der Waals surface area contributed by atoms with Crippen molar-refractivity contribution in [3.63, 3.8) is 0 Å². The van der Waals surface area contributed by atoms with Crippen LogP contribution in [-0.4, -0.2) is 52.0 Å². The maximum atomic E-state index is 12.7. The summed E-state index contributed by atoms with van der Waals surface area (Å²) in [6, 6.07) is 9.41. The molecule has 2 unspecified atom stereocenters. The Balaban J connectivity index is 1.67. The van der Waals surface area contributed by atoms with Crippen molar-refractivity contribution in [1.82, 2.24) is 9.88 Å². The molecule has 0 aliphatic carbocycles. The van der Waals surface area contributed by atoms with Crippen LogP contribution in [-0.2, 0) is 15.1 Å². The number of morpholine rings is 1. The van der Waals surface area contributed by atoms with Gasteiger partial charge in [-0.15, -0.1) is 0 Å². The Morgan fingerprint density at radius 2 is 1.89 bits per heavy atom. The van der Waals surface area contributed by atoms with Crippen LogP contribution in [0.5, 0.6) is 0 Å². The van der Waals surface area contributed by atoms with Gasteiger partial charge in [0.1, 0.15) is 11.2 Å². The van der Waals surface area contributed by atoms with Crippen molar-refractivity contribution in [3.05, 3.63) is 42.2 Å². The van der Waals surface area contributed by atoms with Crippen molar-refractivity contribution < 1.29 is 19.4 Å². The predicted octanol–water partition coefficient (Wildman–Crippen LogP) is 3.22. The fourth-order valence-electron chi connectivity index (χ4n) is 4.27. The zero-order valence-corrected chi connectivity index (χ0v) is 16.0. The molecule has 0 saturated carbocycles. The second-order valence-electron chi connectivity index (χ2n) is 8.55.